The molecular weight excluding hydrogens is 268 g/mol. The third-order valence-corrected chi connectivity index (χ3v) is 4.43. The number of hydrogen-bond donors (Lipinski definition) is 0. The summed E-state index contributed by atoms with van der Waals surface area (Å²) >= 11 is 0. The van der Waals surface area contributed by atoms with E-state index >= 15 is 0 Å². The van der Waals surface area contributed by atoms with Gasteiger partial charge in [-0.05, 0) is 37.8 Å². The lowest BCUT2D eigenvalue weighted by atomic mass is 9.95. The first-order valence-corrected chi connectivity index (χ1v) is 7.71. The highest BCUT2D eigenvalue weighted by molar-refractivity contribution is 5.82. The third kappa shape index (κ3) is 3.28. The fourth-order valence-corrected chi connectivity index (χ4v) is 2.96. The minimum absolute atomic E-state index is 0.0354. The molecule has 21 heavy (non-hydrogen) atoms. The van der Waals surface area contributed by atoms with Gasteiger partial charge in [-0.3, -0.25) is 9.59 Å². The lowest BCUT2D eigenvalue weighted by Gasteiger charge is -2.33. The molecule has 0 atom stereocenters. The summed E-state index contributed by atoms with van der Waals surface area (Å²) in [6.07, 6.45) is 5.27. The van der Waals surface area contributed by atoms with Gasteiger partial charge in [0, 0.05) is 32.0 Å². The number of likely N-dealkylation sites (tertiary alicyclic amines) is 1. The first-order valence-electron chi connectivity index (χ1n) is 7.71. The Hall–Kier alpha value is -1.78. The van der Waals surface area contributed by atoms with E-state index in [1.807, 2.05) is 24.1 Å². The zero-order chi connectivity index (χ0) is 14.8. The molecule has 0 bridgehead atoms. The zero-order valence-electron chi connectivity index (χ0n) is 12.5. The Kier molecular flexibility index (Phi) is 3.99. The van der Waals surface area contributed by atoms with Gasteiger partial charge in [-0.15, -0.1) is 0 Å². The van der Waals surface area contributed by atoms with E-state index in [9.17, 15) is 9.59 Å². The summed E-state index contributed by atoms with van der Waals surface area (Å²) in [5, 5.41) is 0. The molecule has 3 rings (SSSR count). The van der Waals surface area contributed by atoms with Crippen LogP contribution in [0.15, 0.2) is 22.8 Å². The summed E-state index contributed by atoms with van der Waals surface area (Å²) in [5.41, 5.74) is 0. The van der Waals surface area contributed by atoms with Crippen molar-refractivity contribution in [3.63, 3.8) is 0 Å². The fourth-order valence-electron chi connectivity index (χ4n) is 2.96. The summed E-state index contributed by atoms with van der Waals surface area (Å²) in [4.78, 5) is 28.1. The Morgan fingerprint density at radius 3 is 2.52 bits per heavy atom. The minimum atomic E-state index is 0.0354. The number of nitrogens with zero attached hydrogens (tertiary/aromatic N) is 2. The second-order valence-electron chi connectivity index (χ2n) is 6.15. The maximum absolute atomic E-state index is 12.4. The van der Waals surface area contributed by atoms with E-state index in [0.29, 0.717) is 12.5 Å². The lowest BCUT2D eigenvalue weighted by Crippen LogP contribution is -2.43. The molecule has 5 heteroatoms. The Balaban J connectivity index is 1.49. The molecule has 2 aliphatic rings. The van der Waals surface area contributed by atoms with Crippen molar-refractivity contribution in [1.82, 2.24) is 9.80 Å². The molecule has 2 heterocycles. The number of furan rings is 1. The van der Waals surface area contributed by atoms with Crippen molar-refractivity contribution in [3.8, 4) is 0 Å². The maximum atomic E-state index is 12.4. The summed E-state index contributed by atoms with van der Waals surface area (Å²) < 4.78 is 5.28. The van der Waals surface area contributed by atoms with Crippen LogP contribution >= 0.6 is 0 Å². The van der Waals surface area contributed by atoms with Gasteiger partial charge in [0.05, 0.1) is 12.8 Å². The topological polar surface area (TPSA) is 53.8 Å². The largest absolute Gasteiger partial charge is 0.467 e. The third-order valence-electron chi connectivity index (χ3n) is 4.43. The molecule has 0 unspecified atom stereocenters. The average molecular weight is 290 g/mol. The van der Waals surface area contributed by atoms with Crippen molar-refractivity contribution in [3.05, 3.63) is 24.2 Å². The van der Waals surface area contributed by atoms with E-state index in [0.717, 1.165) is 44.5 Å². The van der Waals surface area contributed by atoms with E-state index in [4.69, 9.17) is 4.42 Å². The molecule has 1 saturated carbocycles. The van der Waals surface area contributed by atoms with E-state index in [1.165, 1.54) is 0 Å². The molecule has 0 N–H and O–H groups in total. The molecule has 0 radical (unpaired) electrons. The summed E-state index contributed by atoms with van der Waals surface area (Å²) in [6.45, 7) is 1.95. The standard InChI is InChI=1S/C16H22N2O3/c1-17(11-14-3-2-10-21-14)15(19)13-6-8-18(9-7-13)16(20)12-4-5-12/h2-3,10,12-13H,4-9,11H2,1H3. The lowest BCUT2D eigenvalue weighted by molar-refractivity contribution is -0.140. The number of hydrogen-bond acceptors (Lipinski definition) is 3. The van der Waals surface area contributed by atoms with Gasteiger partial charge < -0.3 is 14.2 Å². The minimum Gasteiger partial charge on any atom is -0.467 e. The van der Waals surface area contributed by atoms with Crippen LogP contribution in [0.1, 0.15) is 31.4 Å². The van der Waals surface area contributed by atoms with Crippen molar-refractivity contribution >= 4 is 11.8 Å². The normalized spacial score (nSPS) is 19.6. The van der Waals surface area contributed by atoms with Crippen molar-refractivity contribution < 1.29 is 14.0 Å². The van der Waals surface area contributed by atoms with Crippen LogP contribution < -0.4 is 0 Å². The van der Waals surface area contributed by atoms with Crippen LogP contribution in [0, 0.1) is 11.8 Å². The first-order chi connectivity index (χ1) is 10.1. The van der Waals surface area contributed by atoms with Crippen molar-refractivity contribution in [2.24, 2.45) is 11.8 Å². The molecule has 2 fully saturated rings. The maximum Gasteiger partial charge on any atom is 0.225 e. The van der Waals surface area contributed by atoms with E-state index in [1.54, 1.807) is 11.2 Å². The number of rotatable bonds is 4. The van der Waals surface area contributed by atoms with Gasteiger partial charge in [-0.2, -0.15) is 0 Å². The van der Waals surface area contributed by atoms with Gasteiger partial charge in [0.2, 0.25) is 11.8 Å². The molecule has 1 saturated heterocycles. The van der Waals surface area contributed by atoms with Gasteiger partial charge >= 0.3 is 0 Å². The molecule has 2 amide bonds. The summed E-state index contributed by atoms with van der Waals surface area (Å²) in [7, 11) is 1.81. The quantitative estimate of drug-likeness (QED) is 0.851. The van der Waals surface area contributed by atoms with Crippen molar-refractivity contribution in [2.75, 3.05) is 20.1 Å². The van der Waals surface area contributed by atoms with Crippen LogP contribution in [-0.2, 0) is 16.1 Å². The summed E-state index contributed by atoms with van der Waals surface area (Å²) in [6, 6.07) is 3.70. The van der Waals surface area contributed by atoms with Crippen LogP contribution in [0.2, 0.25) is 0 Å². The highest BCUT2D eigenvalue weighted by atomic mass is 16.3. The average Bonchev–Trinajstić information content (AvgIpc) is 3.24. The monoisotopic (exact) mass is 290 g/mol. The zero-order valence-corrected chi connectivity index (χ0v) is 12.5. The van der Waals surface area contributed by atoms with E-state index in [2.05, 4.69) is 0 Å². The first kappa shape index (κ1) is 14.2. The number of carbonyl (C=O) groups is 2. The highest BCUT2D eigenvalue weighted by Crippen LogP contribution is 2.32. The molecule has 1 aliphatic carbocycles. The van der Waals surface area contributed by atoms with Gasteiger partial charge in [-0.25, -0.2) is 0 Å². The molecule has 0 spiro atoms. The van der Waals surface area contributed by atoms with Gasteiger partial charge in [0.25, 0.3) is 0 Å². The number of amides is 2. The molecule has 1 aliphatic heterocycles. The van der Waals surface area contributed by atoms with Gasteiger partial charge in [0.1, 0.15) is 5.76 Å². The second-order valence-corrected chi connectivity index (χ2v) is 6.15. The van der Waals surface area contributed by atoms with Crippen LogP contribution in [0.3, 0.4) is 0 Å². The van der Waals surface area contributed by atoms with Crippen LogP contribution in [0.5, 0.6) is 0 Å². The highest BCUT2D eigenvalue weighted by Gasteiger charge is 2.36. The van der Waals surface area contributed by atoms with Gasteiger partial charge in [-0.1, -0.05) is 0 Å². The smallest absolute Gasteiger partial charge is 0.225 e. The predicted octanol–water partition coefficient (Wildman–Crippen LogP) is 1.89. The van der Waals surface area contributed by atoms with E-state index < -0.39 is 0 Å². The number of piperidine rings is 1. The van der Waals surface area contributed by atoms with Crippen LogP contribution in [0.4, 0.5) is 0 Å². The molecule has 5 nitrogen and oxygen atoms in total. The predicted molar refractivity (Wildman–Crippen MR) is 77.2 cm³/mol. The Morgan fingerprint density at radius 2 is 1.95 bits per heavy atom. The SMILES string of the molecule is CN(Cc1ccco1)C(=O)C1CCN(C(=O)C2CC2)CC1. The van der Waals surface area contributed by atoms with Crippen LogP contribution in [0.25, 0.3) is 0 Å². The molecular formula is C16H22N2O3. The molecule has 0 aromatic carbocycles. The Labute approximate surface area is 124 Å². The Bertz CT molecular complexity index is 500. The Morgan fingerprint density at radius 1 is 1.24 bits per heavy atom. The van der Waals surface area contributed by atoms with Crippen LogP contribution in [-0.4, -0.2) is 41.8 Å². The molecule has 1 aromatic heterocycles. The fraction of sp³-hybridized carbons (Fsp3) is 0.625. The number of carbonyl (C=O) groups excluding carboxylic acids is 2. The molecule has 114 valence electrons. The van der Waals surface area contributed by atoms with Gasteiger partial charge in [0.15, 0.2) is 0 Å². The second kappa shape index (κ2) is 5.92. The summed E-state index contributed by atoms with van der Waals surface area (Å²) in [5.74, 6) is 1.56. The van der Waals surface area contributed by atoms with Crippen molar-refractivity contribution in [1.29, 1.82) is 0 Å². The van der Waals surface area contributed by atoms with E-state index in [-0.39, 0.29) is 17.7 Å². The van der Waals surface area contributed by atoms with Crippen molar-refractivity contribution in [2.45, 2.75) is 32.2 Å². The molecule has 1 aromatic rings.